The number of hydrogen-bond acceptors (Lipinski definition) is 4. The summed E-state index contributed by atoms with van der Waals surface area (Å²) in [6, 6.07) is 8.32. The first kappa shape index (κ1) is 14.2. The third-order valence-electron chi connectivity index (χ3n) is 4.95. The molecule has 1 unspecified atom stereocenters. The van der Waals surface area contributed by atoms with Gasteiger partial charge in [0, 0.05) is 42.9 Å². The summed E-state index contributed by atoms with van der Waals surface area (Å²) in [6.45, 7) is 5.72. The molecule has 0 spiro atoms. The van der Waals surface area contributed by atoms with Gasteiger partial charge in [0.1, 0.15) is 0 Å². The molecule has 0 bridgehead atoms. The van der Waals surface area contributed by atoms with E-state index in [0.717, 1.165) is 35.4 Å². The maximum atomic E-state index is 10.6. The van der Waals surface area contributed by atoms with Gasteiger partial charge in [-0.05, 0) is 18.1 Å². The first-order chi connectivity index (χ1) is 11.1. The molecule has 0 fully saturated rings. The van der Waals surface area contributed by atoms with Gasteiger partial charge in [-0.25, -0.2) is 0 Å². The van der Waals surface area contributed by atoms with E-state index in [1.54, 1.807) is 0 Å². The van der Waals surface area contributed by atoms with Crippen molar-refractivity contribution in [2.45, 2.75) is 12.5 Å². The Labute approximate surface area is 135 Å². The molecular weight excluding hydrogens is 288 g/mol. The van der Waals surface area contributed by atoms with Gasteiger partial charge in [-0.1, -0.05) is 24.8 Å². The minimum absolute atomic E-state index is 0.0659. The van der Waals surface area contributed by atoms with Crippen molar-refractivity contribution >= 4 is 10.9 Å². The van der Waals surface area contributed by atoms with Crippen LogP contribution in [0.2, 0.25) is 0 Å². The number of likely N-dealkylation sites (N-methyl/N-ethyl adjacent to an activating group) is 1. The second-order valence-electron chi connectivity index (χ2n) is 6.42. The van der Waals surface area contributed by atoms with Gasteiger partial charge in [0.15, 0.2) is 5.88 Å². The Morgan fingerprint density at radius 1 is 1.22 bits per heavy atom. The number of aromatic amines is 1. The highest BCUT2D eigenvalue weighted by Crippen LogP contribution is 2.38. The molecule has 5 heteroatoms. The third-order valence-corrected chi connectivity index (χ3v) is 4.95. The first-order valence-electron chi connectivity index (χ1n) is 7.95. The standard InChI is InChI=1S/C18H22N4O/c1-11-15(18(23)22(3)10-21(11)2)17-16-13(8-9-19-17)12-6-4-5-7-14(12)20-16/h4-7,17,19-20,23H,1,8-10H2,2-3H3. The molecule has 120 valence electrons. The number of nitrogens with one attached hydrogen (secondary N) is 2. The molecule has 3 heterocycles. The molecule has 2 aromatic rings. The number of benzene rings is 1. The lowest BCUT2D eigenvalue weighted by molar-refractivity contribution is 0.145. The Bertz CT molecular complexity index is 820. The number of nitrogens with zero attached hydrogens (tertiary/aromatic N) is 2. The van der Waals surface area contributed by atoms with Crippen LogP contribution in [-0.4, -0.2) is 47.2 Å². The zero-order valence-electron chi connectivity index (χ0n) is 13.6. The molecule has 0 amide bonds. The largest absolute Gasteiger partial charge is 0.494 e. The average molecular weight is 310 g/mol. The van der Waals surface area contributed by atoms with Crippen molar-refractivity contribution in [2.24, 2.45) is 0 Å². The molecule has 2 aliphatic heterocycles. The van der Waals surface area contributed by atoms with E-state index in [1.807, 2.05) is 25.1 Å². The van der Waals surface area contributed by atoms with Gasteiger partial charge >= 0.3 is 0 Å². The molecule has 1 aromatic carbocycles. The van der Waals surface area contributed by atoms with Gasteiger partial charge in [0.05, 0.1) is 18.3 Å². The first-order valence-corrected chi connectivity index (χ1v) is 7.95. The highest BCUT2D eigenvalue weighted by molar-refractivity contribution is 5.85. The van der Waals surface area contributed by atoms with Gasteiger partial charge in [-0.15, -0.1) is 0 Å². The molecule has 2 aliphatic rings. The zero-order chi connectivity index (χ0) is 16.1. The topological polar surface area (TPSA) is 54.5 Å². The second-order valence-corrected chi connectivity index (χ2v) is 6.42. The number of aliphatic hydroxyl groups excluding tert-OH is 1. The van der Waals surface area contributed by atoms with Crippen molar-refractivity contribution in [3.05, 3.63) is 59.3 Å². The monoisotopic (exact) mass is 310 g/mol. The maximum Gasteiger partial charge on any atom is 0.195 e. The molecule has 1 aromatic heterocycles. The van der Waals surface area contributed by atoms with E-state index in [1.165, 1.54) is 10.9 Å². The van der Waals surface area contributed by atoms with Gasteiger partial charge in [-0.3, -0.25) is 0 Å². The highest BCUT2D eigenvalue weighted by atomic mass is 16.3. The van der Waals surface area contributed by atoms with Crippen LogP contribution in [0.3, 0.4) is 0 Å². The van der Waals surface area contributed by atoms with E-state index in [-0.39, 0.29) is 6.04 Å². The molecule has 0 radical (unpaired) electrons. The Morgan fingerprint density at radius 3 is 2.83 bits per heavy atom. The lowest BCUT2D eigenvalue weighted by Gasteiger charge is -2.39. The molecule has 5 nitrogen and oxygen atoms in total. The predicted octanol–water partition coefficient (Wildman–Crippen LogP) is 2.47. The van der Waals surface area contributed by atoms with Gasteiger partial charge in [0.25, 0.3) is 0 Å². The number of aliphatic hydroxyl groups is 1. The SMILES string of the molecule is C=C1C(C2NCCc3c2[nH]c2ccccc32)=C(O)N(C)CN1C. The van der Waals surface area contributed by atoms with Crippen LogP contribution in [0.1, 0.15) is 17.3 Å². The minimum Gasteiger partial charge on any atom is -0.494 e. The van der Waals surface area contributed by atoms with Crippen molar-refractivity contribution in [3.63, 3.8) is 0 Å². The summed E-state index contributed by atoms with van der Waals surface area (Å²) in [6.07, 6.45) is 0.988. The minimum atomic E-state index is -0.0659. The van der Waals surface area contributed by atoms with E-state index >= 15 is 0 Å². The lowest BCUT2D eigenvalue weighted by Crippen LogP contribution is -2.42. The average Bonchev–Trinajstić information content (AvgIpc) is 2.93. The number of para-hydroxylation sites is 1. The van der Waals surface area contributed by atoms with E-state index in [9.17, 15) is 5.11 Å². The summed E-state index contributed by atoms with van der Waals surface area (Å²) in [7, 11) is 3.90. The van der Waals surface area contributed by atoms with Crippen molar-refractivity contribution in [3.8, 4) is 0 Å². The molecule has 1 atom stereocenters. The smallest absolute Gasteiger partial charge is 0.195 e. The number of hydrogen-bond donors (Lipinski definition) is 3. The van der Waals surface area contributed by atoms with Crippen molar-refractivity contribution in [1.82, 2.24) is 20.1 Å². The van der Waals surface area contributed by atoms with Crippen molar-refractivity contribution in [2.75, 3.05) is 27.3 Å². The molecule has 0 aliphatic carbocycles. The number of aromatic nitrogens is 1. The Kier molecular flexibility index (Phi) is 3.13. The van der Waals surface area contributed by atoms with Crippen LogP contribution in [-0.2, 0) is 6.42 Å². The van der Waals surface area contributed by atoms with Crippen molar-refractivity contribution < 1.29 is 5.11 Å². The third kappa shape index (κ3) is 2.04. The maximum absolute atomic E-state index is 10.6. The van der Waals surface area contributed by atoms with Crippen LogP contribution >= 0.6 is 0 Å². The number of rotatable bonds is 1. The van der Waals surface area contributed by atoms with Crippen molar-refractivity contribution in [1.29, 1.82) is 0 Å². The molecule has 4 rings (SSSR count). The van der Waals surface area contributed by atoms with E-state index in [0.29, 0.717) is 12.6 Å². The Morgan fingerprint density at radius 2 is 2.00 bits per heavy atom. The summed E-state index contributed by atoms with van der Waals surface area (Å²) in [4.78, 5) is 7.46. The van der Waals surface area contributed by atoms with Gasteiger partial charge < -0.3 is 25.2 Å². The van der Waals surface area contributed by atoms with E-state index in [2.05, 4.69) is 40.0 Å². The number of fused-ring (bicyclic) bond motifs is 3. The molecule has 0 saturated heterocycles. The summed E-state index contributed by atoms with van der Waals surface area (Å²) in [5.41, 5.74) is 5.35. The summed E-state index contributed by atoms with van der Waals surface area (Å²) in [5.74, 6) is 0.303. The quantitative estimate of drug-likeness (QED) is 0.757. The van der Waals surface area contributed by atoms with Crippen LogP contribution in [0.4, 0.5) is 0 Å². The second kappa shape index (κ2) is 5.06. The summed E-state index contributed by atoms with van der Waals surface area (Å²) < 4.78 is 0. The Hall–Kier alpha value is -2.40. The van der Waals surface area contributed by atoms with Crippen LogP contribution in [0.25, 0.3) is 10.9 Å². The fourth-order valence-electron chi connectivity index (χ4n) is 3.73. The zero-order valence-corrected chi connectivity index (χ0v) is 13.6. The number of H-pyrrole nitrogens is 1. The summed E-state index contributed by atoms with van der Waals surface area (Å²) >= 11 is 0. The fourth-order valence-corrected chi connectivity index (χ4v) is 3.73. The van der Waals surface area contributed by atoms with E-state index in [4.69, 9.17) is 0 Å². The summed E-state index contributed by atoms with van der Waals surface area (Å²) in [5, 5.41) is 15.5. The predicted molar refractivity (Wildman–Crippen MR) is 91.9 cm³/mol. The molecule has 3 N–H and O–H groups in total. The van der Waals surface area contributed by atoms with Crippen LogP contribution in [0.5, 0.6) is 0 Å². The molecular formula is C18H22N4O. The van der Waals surface area contributed by atoms with Gasteiger partial charge in [-0.2, -0.15) is 0 Å². The van der Waals surface area contributed by atoms with Gasteiger partial charge in [0.2, 0.25) is 0 Å². The molecule has 23 heavy (non-hydrogen) atoms. The normalized spacial score (nSPS) is 22.0. The molecule has 0 saturated carbocycles. The highest BCUT2D eigenvalue weighted by Gasteiger charge is 2.34. The van der Waals surface area contributed by atoms with Crippen LogP contribution in [0.15, 0.2) is 48.0 Å². The Balaban J connectivity index is 1.89. The van der Waals surface area contributed by atoms with E-state index < -0.39 is 0 Å². The van der Waals surface area contributed by atoms with Crippen LogP contribution in [0, 0.1) is 0 Å². The fraction of sp³-hybridized carbons (Fsp3) is 0.333. The van der Waals surface area contributed by atoms with Crippen LogP contribution < -0.4 is 5.32 Å². The lowest BCUT2D eigenvalue weighted by atomic mass is 9.92.